The van der Waals surface area contributed by atoms with Crippen LogP contribution in [0.3, 0.4) is 0 Å². The first-order valence-corrected chi connectivity index (χ1v) is 8.66. The van der Waals surface area contributed by atoms with Crippen LogP contribution in [-0.4, -0.2) is 30.4 Å². The van der Waals surface area contributed by atoms with Gasteiger partial charge < -0.3 is 15.0 Å². The molecule has 0 spiro atoms. The topological polar surface area (TPSA) is 58.6 Å². The minimum atomic E-state index is -0.0772. The lowest BCUT2D eigenvalue weighted by Gasteiger charge is -2.25. The van der Waals surface area contributed by atoms with E-state index in [2.05, 4.69) is 5.32 Å². The standard InChI is InChI=1S/C18H20N2O3S/c1-12(21)20-7-6-16-14(11-20)9-17(24-16)18(22)19-10-13-4-3-5-15(8-13)23-2/h3-5,8-9H,6-7,10-11H2,1-2H3,(H,19,22). The molecule has 0 bridgehead atoms. The first-order valence-electron chi connectivity index (χ1n) is 7.85. The molecule has 1 aliphatic rings. The van der Waals surface area contributed by atoms with Crippen molar-refractivity contribution >= 4 is 23.2 Å². The lowest BCUT2D eigenvalue weighted by atomic mass is 10.1. The second kappa shape index (κ2) is 7.05. The van der Waals surface area contributed by atoms with Crippen molar-refractivity contribution in [1.29, 1.82) is 0 Å². The Morgan fingerprint density at radius 2 is 2.17 bits per heavy atom. The number of thiophene rings is 1. The fourth-order valence-corrected chi connectivity index (χ4v) is 3.85. The molecular formula is C18H20N2O3S. The molecule has 1 aromatic heterocycles. The van der Waals surface area contributed by atoms with Gasteiger partial charge in [-0.05, 0) is 35.7 Å². The van der Waals surface area contributed by atoms with Gasteiger partial charge in [0.25, 0.3) is 5.91 Å². The summed E-state index contributed by atoms with van der Waals surface area (Å²) in [5.74, 6) is 0.778. The number of nitrogens with zero attached hydrogens (tertiary/aromatic N) is 1. The van der Waals surface area contributed by atoms with Crippen LogP contribution in [0.4, 0.5) is 0 Å². The third kappa shape index (κ3) is 3.59. The Labute approximate surface area is 145 Å². The fourth-order valence-electron chi connectivity index (χ4n) is 2.77. The van der Waals surface area contributed by atoms with Crippen molar-refractivity contribution in [1.82, 2.24) is 10.2 Å². The lowest BCUT2D eigenvalue weighted by molar-refractivity contribution is -0.129. The van der Waals surface area contributed by atoms with Gasteiger partial charge in [0.15, 0.2) is 0 Å². The Balaban J connectivity index is 1.65. The Kier molecular flexibility index (Phi) is 4.85. The van der Waals surface area contributed by atoms with Crippen LogP contribution in [0.15, 0.2) is 30.3 Å². The largest absolute Gasteiger partial charge is 0.497 e. The molecule has 0 saturated heterocycles. The molecule has 1 aliphatic heterocycles. The number of fused-ring (bicyclic) bond motifs is 1. The van der Waals surface area contributed by atoms with Gasteiger partial charge >= 0.3 is 0 Å². The van der Waals surface area contributed by atoms with E-state index in [9.17, 15) is 9.59 Å². The van der Waals surface area contributed by atoms with Crippen LogP contribution in [0.1, 0.15) is 32.6 Å². The number of hydrogen-bond acceptors (Lipinski definition) is 4. The Morgan fingerprint density at radius 3 is 2.92 bits per heavy atom. The van der Waals surface area contributed by atoms with E-state index in [4.69, 9.17) is 4.74 Å². The predicted octanol–water partition coefficient (Wildman–Crippen LogP) is 2.59. The summed E-state index contributed by atoms with van der Waals surface area (Å²) in [5.41, 5.74) is 2.08. The van der Waals surface area contributed by atoms with Gasteiger partial charge in [0.1, 0.15) is 5.75 Å². The number of amides is 2. The summed E-state index contributed by atoms with van der Waals surface area (Å²) in [5, 5.41) is 2.95. The van der Waals surface area contributed by atoms with Gasteiger partial charge in [-0.15, -0.1) is 11.3 Å². The van der Waals surface area contributed by atoms with Crippen LogP contribution in [0, 0.1) is 0 Å². The minimum absolute atomic E-state index is 0.0772. The molecule has 1 N–H and O–H groups in total. The Bertz CT molecular complexity index is 769. The Morgan fingerprint density at radius 1 is 1.33 bits per heavy atom. The number of nitrogens with one attached hydrogen (secondary N) is 1. The molecule has 126 valence electrons. The summed E-state index contributed by atoms with van der Waals surface area (Å²) in [7, 11) is 1.62. The summed E-state index contributed by atoms with van der Waals surface area (Å²) >= 11 is 1.53. The van der Waals surface area contributed by atoms with Crippen LogP contribution in [0.5, 0.6) is 5.75 Å². The summed E-state index contributed by atoms with van der Waals surface area (Å²) in [6.45, 7) is 3.37. The molecule has 24 heavy (non-hydrogen) atoms. The summed E-state index contributed by atoms with van der Waals surface area (Å²) < 4.78 is 5.19. The fraction of sp³-hybridized carbons (Fsp3) is 0.333. The van der Waals surface area contributed by atoms with Crippen LogP contribution in [-0.2, 0) is 24.3 Å². The molecule has 0 unspecified atom stereocenters. The predicted molar refractivity (Wildman–Crippen MR) is 93.3 cm³/mol. The van der Waals surface area contributed by atoms with Crippen molar-refractivity contribution in [3.63, 3.8) is 0 Å². The summed E-state index contributed by atoms with van der Waals surface area (Å²) in [6.07, 6.45) is 0.822. The first kappa shape index (κ1) is 16.5. The molecule has 3 rings (SSSR count). The van der Waals surface area contributed by atoms with Crippen LogP contribution >= 0.6 is 11.3 Å². The third-order valence-electron chi connectivity index (χ3n) is 4.12. The maximum Gasteiger partial charge on any atom is 0.261 e. The van der Waals surface area contributed by atoms with E-state index in [-0.39, 0.29) is 11.8 Å². The second-order valence-corrected chi connectivity index (χ2v) is 6.92. The summed E-state index contributed by atoms with van der Waals surface area (Å²) in [4.78, 5) is 27.6. The number of ether oxygens (including phenoxy) is 1. The van der Waals surface area contributed by atoms with E-state index >= 15 is 0 Å². The minimum Gasteiger partial charge on any atom is -0.497 e. The maximum atomic E-state index is 12.4. The highest BCUT2D eigenvalue weighted by Gasteiger charge is 2.22. The monoisotopic (exact) mass is 344 g/mol. The van der Waals surface area contributed by atoms with Crippen molar-refractivity contribution in [2.75, 3.05) is 13.7 Å². The smallest absolute Gasteiger partial charge is 0.261 e. The molecular weight excluding hydrogens is 324 g/mol. The van der Waals surface area contributed by atoms with E-state index in [1.165, 1.54) is 16.2 Å². The van der Waals surface area contributed by atoms with Crippen molar-refractivity contribution in [3.8, 4) is 5.75 Å². The van der Waals surface area contributed by atoms with Crippen molar-refractivity contribution in [2.24, 2.45) is 0 Å². The maximum absolute atomic E-state index is 12.4. The molecule has 6 heteroatoms. The summed E-state index contributed by atoms with van der Waals surface area (Å²) in [6, 6.07) is 9.55. The number of rotatable bonds is 4. The average molecular weight is 344 g/mol. The molecule has 2 heterocycles. The van der Waals surface area contributed by atoms with Gasteiger partial charge in [0.05, 0.1) is 12.0 Å². The van der Waals surface area contributed by atoms with Crippen molar-refractivity contribution < 1.29 is 14.3 Å². The zero-order valence-electron chi connectivity index (χ0n) is 13.8. The van der Waals surface area contributed by atoms with E-state index in [0.717, 1.165) is 29.8 Å². The second-order valence-electron chi connectivity index (χ2n) is 5.78. The molecule has 1 aromatic carbocycles. The van der Waals surface area contributed by atoms with Gasteiger partial charge in [-0.25, -0.2) is 0 Å². The number of benzene rings is 1. The molecule has 0 atom stereocenters. The zero-order valence-corrected chi connectivity index (χ0v) is 14.6. The third-order valence-corrected chi connectivity index (χ3v) is 5.36. The highest BCUT2D eigenvalue weighted by molar-refractivity contribution is 7.14. The van der Waals surface area contributed by atoms with Crippen molar-refractivity contribution in [2.45, 2.75) is 26.4 Å². The van der Waals surface area contributed by atoms with E-state index in [0.29, 0.717) is 18.0 Å². The number of carbonyl (C=O) groups is 2. The van der Waals surface area contributed by atoms with E-state index in [1.807, 2.05) is 35.2 Å². The number of hydrogen-bond donors (Lipinski definition) is 1. The normalized spacial score (nSPS) is 13.3. The molecule has 0 fully saturated rings. The highest BCUT2D eigenvalue weighted by atomic mass is 32.1. The lowest BCUT2D eigenvalue weighted by Crippen LogP contribution is -2.33. The molecule has 5 nitrogen and oxygen atoms in total. The molecule has 0 aliphatic carbocycles. The van der Waals surface area contributed by atoms with Gasteiger partial charge in [-0.2, -0.15) is 0 Å². The molecule has 2 amide bonds. The van der Waals surface area contributed by atoms with Gasteiger partial charge in [-0.3, -0.25) is 9.59 Å². The van der Waals surface area contributed by atoms with Crippen LogP contribution in [0.2, 0.25) is 0 Å². The molecule has 0 saturated carbocycles. The van der Waals surface area contributed by atoms with E-state index in [1.54, 1.807) is 14.0 Å². The van der Waals surface area contributed by atoms with Gasteiger partial charge in [0, 0.05) is 31.4 Å². The van der Waals surface area contributed by atoms with E-state index < -0.39 is 0 Å². The van der Waals surface area contributed by atoms with Crippen LogP contribution in [0.25, 0.3) is 0 Å². The number of methoxy groups -OCH3 is 1. The zero-order chi connectivity index (χ0) is 17.1. The SMILES string of the molecule is COc1cccc(CNC(=O)c2cc3c(s2)CCN(C(C)=O)C3)c1. The highest BCUT2D eigenvalue weighted by Crippen LogP contribution is 2.28. The van der Waals surface area contributed by atoms with Crippen LogP contribution < -0.4 is 10.1 Å². The quantitative estimate of drug-likeness (QED) is 0.927. The Hall–Kier alpha value is -2.34. The van der Waals surface area contributed by atoms with Crippen molar-refractivity contribution in [3.05, 3.63) is 51.2 Å². The van der Waals surface area contributed by atoms with Gasteiger partial charge in [0.2, 0.25) is 5.91 Å². The average Bonchev–Trinajstić information content (AvgIpc) is 3.03. The molecule has 0 radical (unpaired) electrons. The van der Waals surface area contributed by atoms with Gasteiger partial charge in [-0.1, -0.05) is 12.1 Å². The molecule has 2 aromatic rings. The number of carbonyl (C=O) groups excluding carboxylic acids is 2. The first-order chi connectivity index (χ1) is 11.6.